The third-order valence-electron chi connectivity index (χ3n) is 4.39. The van der Waals surface area contributed by atoms with Gasteiger partial charge in [-0.3, -0.25) is 14.5 Å². The minimum absolute atomic E-state index is 0.0318. The Morgan fingerprint density at radius 1 is 1.27 bits per heavy atom. The lowest BCUT2D eigenvalue weighted by Gasteiger charge is -2.15. The first-order chi connectivity index (χ1) is 14.0. The van der Waals surface area contributed by atoms with Crippen molar-refractivity contribution in [3.05, 3.63) is 47.5 Å². The van der Waals surface area contributed by atoms with Gasteiger partial charge in [0.15, 0.2) is 6.61 Å². The number of alkyl halides is 3. The fourth-order valence-corrected chi connectivity index (χ4v) is 2.94. The maximum atomic E-state index is 12.4. The lowest BCUT2D eigenvalue weighted by atomic mass is 10.1. The molecule has 7 nitrogen and oxygen atoms in total. The lowest BCUT2D eigenvalue weighted by Crippen LogP contribution is -2.30. The third kappa shape index (κ3) is 4.87. The SMILES string of the molecule is Cc1cc(C(C)n2cc3c(C(=O)NC(C)C)nccc3n2)cnc1OCC(F)(F)F. The van der Waals surface area contributed by atoms with Crippen molar-refractivity contribution >= 4 is 16.8 Å². The van der Waals surface area contributed by atoms with E-state index in [-0.39, 0.29) is 29.6 Å². The van der Waals surface area contributed by atoms with E-state index in [1.165, 1.54) is 12.4 Å². The molecule has 3 heterocycles. The Morgan fingerprint density at radius 3 is 2.63 bits per heavy atom. The predicted molar refractivity (Wildman–Crippen MR) is 104 cm³/mol. The second-order valence-electron chi connectivity index (χ2n) is 7.30. The normalized spacial score (nSPS) is 12.9. The van der Waals surface area contributed by atoms with Crippen LogP contribution in [0.1, 0.15) is 48.4 Å². The lowest BCUT2D eigenvalue weighted by molar-refractivity contribution is -0.154. The van der Waals surface area contributed by atoms with E-state index in [0.29, 0.717) is 16.5 Å². The standard InChI is InChI=1S/C20H22F3N5O2/c1-11(2)26-18(29)17-15-9-28(27-16(15)5-6-24-17)13(4)14-7-12(3)19(25-8-14)30-10-20(21,22)23/h5-9,11,13H,10H2,1-4H3,(H,26,29). The Morgan fingerprint density at radius 2 is 2.00 bits per heavy atom. The molecule has 0 aliphatic heterocycles. The van der Waals surface area contributed by atoms with Crippen LogP contribution in [-0.2, 0) is 0 Å². The van der Waals surface area contributed by atoms with Crippen LogP contribution in [0.15, 0.2) is 30.7 Å². The summed E-state index contributed by atoms with van der Waals surface area (Å²) in [6, 6.07) is 3.11. The number of aromatic nitrogens is 4. The summed E-state index contributed by atoms with van der Waals surface area (Å²) < 4.78 is 43.5. The van der Waals surface area contributed by atoms with Crippen molar-refractivity contribution in [3.8, 4) is 5.88 Å². The molecule has 3 aromatic rings. The van der Waals surface area contributed by atoms with Gasteiger partial charge in [0, 0.05) is 30.2 Å². The first-order valence-electron chi connectivity index (χ1n) is 9.36. The van der Waals surface area contributed by atoms with E-state index in [1.54, 1.807) is 29.9 Å². The van der Waals surface area contributed by atoms with Gasteiger partial charge in [0.25, 0.3) is 5.91 Å². The number of ether oxygens (including phenoxy) is 1. The topological polar surface area (TPSA) is 81.9 Å². The van der Waals surface area contributed by atoms with Crippen LogP contribution in [0, 0.1) is 6.92 Å². The van der Waals surface area contributed by atoms with Gasteiger partial charge in [-0.15, -0.1) is 0 Å². The number of hydrogen-bond acceptors (Lipinski definition) is 5. The number of pyridine rings is 2. The maximum absolute atomic E-state index is 12.4. The number of carbonyl (C=O) groups is 1. The molecule has 0 saturated heterocycles. The van der Waals surface area contributed by atoms with E-state index in [4.69, 9.17) is 4.74 Å². The van der Waals surface area contributed by atoms with Crippen LogP contribution >= 0.6 is 0 Å². The summed E-state index contributed by atoms with van der Waals surface area (Å²) in [6.07, 6.45) is 0.285. The summed E-state index contributed by atoms with van der Waals surface area (Å²) in [5.74, 6) is -0.350. The van der Waals surface area contributed by atoms with Crippen LogP contribution in [0.5, 0.6) is 5.88 Å². The van der Waals surface area contributed by atoms with E-state index in [2.05, 4.69) is 20.4 Å². The number of hydrogen-bond donors (Lipinski definition) is 1. The van der Waals surface area contributed by atoms with Gasteiger partial charge in [-0.1, -0.05) is 0 Å². The molecular formula is C20H22F3N5O2. The number of nitrogens with one attached hydrogen (secondary N) is 1. The summed E-state index contributed by atoms with van der Waals surface area (Å²) in [5, 5.41) is 7.94. The monoisotopic (exact) mass is 421 g/mol. The molecule has 0 fully saturated rings. The Kier molecular flexibility index (Phi) is 5.95. The molecule has 0 aromatic carbocycles. The fraction of sp³-hybridized carbons (Fsp3) is 0.400. The van der Waals surface area contributed by atoms with Gasteiger partial charge in [-0.25, -0.2) is 4.98 Å². The van der Waals surface area contributed by atoms with Crippen molar-refractivity contribution in [2.45, 2.75) is 46.0 Å². The van der Waals surface area contributed by atoms with Gasteiger partial charge in [0.1, 0.15) is 5.69 Å². The number of nitrogens with zero attached hydrogens (tertiary/aromatic N) is 4. The quantitative estimate of drug-likeness (QED) is 0.654. The van der Waals surface area contributed by atoms with Crippen LogP contribution < -0.4 is 10.1 Å². The minimum Gasteiger partial charge on any atom is -0.468 e. The second-order valence-corrected chi connectivity index (χ2v) is 7.30. The smallest absolute Gasteiger partial charge is 0.422 e. The van der Waals surface area contributed by atoms with Crippen LogP contribution in [0.3, 0.4) is 0 Å². The molecule has 10 heteroatoms. The van der Waals surface area contributed by atoms with Crippen molar-refractivity contribution in [2.24, 2.45) is 0 Å². The Hall–Kier alpha value is -3.17. The molecule has 30 heavy (non-hydrogen) atoms. The zero-order valence-corrected chi connectivity index (χ0v) is 17.0. The molecule has 1 amide bonds. The number of halogens is 3. The number of fused-ring (bicyclic) bond motifs is 1. The first-order valence-corrected chi connectivity index (χ1v) is 9.36. The summed E-state index contributed by atoms with van der Waals surface area (Å²) in [4.78, 5) is 20.6. The van der Waals surface area contributed by atoms with Crippen molar-refractivity contribution in [1.29, 1.82) is 0 Å². The molecule has 0 spiro atoms. The van der Waals surface area contributed by atoms with Gasteiger partial charge in [0.2, 0.25) is 5.88 Å². The van der Waals surface area contributed by atoms with Crippen molar-refractivity contribution in [2.75, 3.05) is 6.61 Å². The van der Waals surface area contributed by atoms with Crippen LogP contribution in [0.25, 0.3) is 10.9 Å². The zero-order valence-electron chi connectivity index (χ0n) is 17.0. The molecule has 3 rings (SSSR count). The minimum atomic E-state index is -4.43. The van der Waals surface area contributed by atoms with Crippen LogP contribution in [0.2, 0.25) is 0 Å². The molecule has 0 saturated carbocycles. The highest BCUT2D eigenvalue weighted by Gasteiger charge is 2.29. The highest BCUT2D eigenvalue weighted by Crippen LogP contribution is 2.26. The van der Waals surface area contributed by atoms with Gasteiger partial charge in [0.05, 0.1) is 16.9 Å². The third-order valence-corrected chi connectivity index (χ3v) is 4.39. The largest absolute Gasteiger partial charge is 0.468 e. The van der Waals surface area contributed by atoms with Crippen molar-refractivity contribution in [1.82, 2.24) is 25.1 Å². The molecular weight excluding hydrogens is 399 g/mol. The first kappa shape index (κ1) is 21.5. The summed E-state index contributed by atoms with van der Waals surface area (Å²) in [7, 11) is 0. The average molecular weight is 421 g/mol. The molecule has 0 bridgehead atoms. The van der Waals surface area contributed by atoms with Crippen molar-refractivity contribution < 1.29 is 22.7 Å². The van der Waals surface area contributed by atoms with E-state index in [9.17, 15) is 18.0 Å². The van der Waals surface area contributed by atoms with Gasteiger partial charge < -0.3 is 10.1 Å². The second kappa shape index (κ2) is 8.29. The number of rotatable bonds is 6. The molecule has 0 radical (unpaired) electrons. The van der Waals surface area contributed by atoms with Crippen molar-refractivity contribution in [3.63, 3.8) is 0 Å². The van der Waals surface area contributed by atoms with Gasteiger partial charge in [-0.05, 0) is 45.4 Å². The number of carbonyl (C=O) groups excluding carboxylic acids is 1. The Labute approximate surface area is 171 Å². The zero-order chi connectivity index (χ0) is 22.1. The molecule has 0 aliphatic carbocycles. The summed E-state index contributed by atoms with van der Waals surface area (Å²) >= 11 is 0. The summed E-state index contributed by atoms with van der Waals surface area (Å²) in [6.45, 7) is 5.84. The fourth-order valence-electron chi connectivity index (χ4n) is 2.94. The molecule has 1 atom stereocenters. The number of aryl methyl sites for hydroxylation is 1. The Balaban J connectivity index is 1.87. The highest BCUT2D eigenvalue weighted by molar-refractivity contribution is 6.04. The van der Waals surface area contributed by atoms with Gasteiger partial charge in [-0.2, -0.15) is 18.3 Å². The molecule has 0 aliphatic rings. The predicted octanol–water partition coefficient (Wildman–Crippen LogP) is 3.82. The van der Waals surface area contributed by atoms with E-state index < -0.39 is 12.8 Å². The average Bonchev–Trinajstić information content (AvgIpc) is 3.09. The molecule has 1 N–H and O–H groups in total. The molecule has 160 valence electrons. The molecule has 3 aromatic heterocycles. The van der Waals surface area contributed by atoms with Crippen LogP contribution in [-0.4, -0.2) is 44.5 Å². The maximum Gasteiger partial charge on any atom is 0.422 e. The number of amides is 1. The van der Waals surface area contributed by atoms with E-state index >= 15 is 0 Å². The van der Waals surface area contributed by atoms with E-state index in [1.807, 2.05) is 20.8 Å². The van der Waals surface area contributed by atoms with E-state index in [0.717, 1.165) is 5.56 Å². The Bertz CT molecular complexity index is 1060. The highest BCUT2D eigenvalue weighted by atomic mass is 19.4. The molecule has 1 unspecified atom stereocenters. The van der Waals surface area contributed by atoms with Gasteiger partial charge >= 0.3 is 6.18 Å². The van der Waals surface area contributed by atoms with Crippen LogP contribution in [0.4, 0.5) is 13.2 Å². The summed E-state index contributed by atoms with van der Waals surface area (Å²) in [5.41, 5.74) is 2.12.